The van der Waals surface area contributed by atoms with Gasteiger partial charge >= 0.3 is 0 Å². The van der Waals surface area contributed by atoms with Crippen molar-refractivity contribution < 1.29 is 0 Å². The van der Waals surface area contributed by atoms with E-state index in [0.29, 0.717) is 0 Å². The fourth-order valence-corrected chi connectivity index (χ4v) is 1.75. The standard InChI is InChI=1S/C5H6Cl6/c6-2-1-4(8,9)5(10,11)3-7/h1-3H2. The molecule has 0 aromatic carbocycles. The zero-order valence-electron chi connectivity index (χ0n) is 5.39. The minimum Gasteiger partial charge on any atom is -0.127 e. The van der Waals surface area contributed by atoms with Gasteiger partial charge in [-0.25, -0.2) is 0 Å². The highest BCUT2D eigenvalue weighted by Crippen LogP contribution is 2.45. The van der Waals surface area contributed by atoms with Gasteiger partial charge in [-0.3, -0.25) is 0 Å². The van der Waals surface area contributed by atoms with Crippen molar-refractivity contribution in [1.82, 2.24) is 0 Å². The Balaban J connectivity index is 4.26. The molecule has 68 valence electrons. The molecule has 0 aliphatic heterocycles. The largest absolute Gasteiger partial charge is 0.164 e. The SMILES string of the molecule is ClCCC(Cl)(Cl)C(Cl)(Cl)CCl. The molecule has 0 amide bonds. The van der Waals surface area contributed by atoms with Crippen LogP contribution in [0.5, 0.6) is 0 Å². The predicted molar refractivity (Wildman–Crippen MR) is 54.9 cm³/mol. The van der Waals surface area contributed by atoms with E-state index in [-0.39, 0.29) is 18.2 Å². The lowest BCUT2D eigenvalue weighted by Gasteiger charge is -2.30. The third-order valence-corrected chi connectivity index (χ3v) is 4.30. The smallest absolute Gasteiger partial charge is 0.127 e. The number of halogens is 6. The van der Waals surface area contributed by atoms with Gasteiger partial charge in [-0.1, -0.05) is 46.4 Å². The van der Waals surface area contributed by atoms with E-state index in [4.69, 9.17) is 69.6 Å². The molecule has 0 saturated heterocycles. The molecule has 0 aromatic rings. The summed E-state index contributed by atoms with van der Waals surface area (Å²) in [5.41, 5.74) is 0. The average molecular weight is 279 g/mol. The van der Waals surface area contributed by atoms with Gasteiger partial charge in [0.15, 0.2) is 8.67 Å². The summed E-state index contributed by atoms with van der Waals surface area (Å²) in [5, 5.41) is 0. The van der Waals surface area contributed by atoms with Crippen LogP contribution in [0.3, 0.4) is 0 Å². The maximum atomic E-state index is 5.76. The van der Waals surface area contributed by atoms with Gasteiger partial charge in [-0.05, 0) is 6.42 Å². The summed E-state index contributed by atoms with van der Waals surface area (Å²) in [4.78, 5) is 0. The van der Waals surface area contributed by atoms with Crippen molar-refractivity contribution in [3.63, 3.8) is 0 Å². The van der Waals surface area contributed by atoms with Gasteiger partial charge in [0, 0.05) is 5.88 Å². The molecule has 0 aliphatic carbocycles. The lowest BCUT2D eigenvalue weighted by atomic mass is 10.2. The summed E-state index contributed by atoms with van der Waals surface area (Å²) in [6.45, 7) is 0. The Hall–Kier alpha value is 1.74. The highest BCUT2D eigenvalue weighted by atomic mass is 35.5. The lowest BCUT2D eigenvalue weighted by Crippen LogP contribution is -2.38. The first-order valence-electron chi connectivity index (χ1n) is 2.75. The van der Waals surface area contributed by atoms with Crippen molar-refractivity contribution >= 4 is 69.6 Å². The van der Waals surface area contributed by atoms with E-state index in [1.54, 1.807) is 0 Å². The molecule has 0 aliphatic rings. The highest BCUT2D eigenvalue weighted by molar-refractivity contribution is 6.64. The molecule has 0 aromatic heterocycles. The van der Waals surface area contributed by atoms with Crippen LogP contribution >= 0.6 is 69.6 Å². The van der Waals surface area contributed by atoms with E-state index >= 15 is 0 Å². The van der Waals surface area contributed by atoms with Gasteiger partial charge in [0.1, 0.15) is 0 Å². The number of hydrogen-bond acceptors (Lipinski definition) is 0. The summed E-state index contributed by atoms with van der Waals surface area (Å²) in [7, 11) is 0. The highest BCUT2D eigenvalue weighted by Gasteiger charge is 2.45. The van der Waals surface area contributed by atoms with E-state index in [9.17, 15) is 0 Å². The van der Waals surface area contributed by atoms with Crippen LogP contribution in [-0.2, 0) is 0 Å². The summed E-state index contributed by atoms with van der Waals surface area (Å²) in [5.74, 6) is 0.241. The fraction of sp³-hybridized carbons (Fsp3) is 1.00. The molecule has 0 bridgehead atoms. The van der Waals surface area contributed by atoms with Gasteiger partial charge in [-0.2, -0.15) is 0 Å². The zero-order chi connectivity index (χ0) is 9.12. The molecular formula is C5H6Cl6. The van der Waals surface area contributed by atoms with E-state index < -0.39 is 8.67 Å². The maximum Gasteiger partial charge on any atom is 0.164 e. The monoisotopic (exact) mass is 276 g/mol. The average Bonchev–Trinajstić information content (AvgIpc) is 1.87. The Morgan fingerprint density at radius 3 is 1.55 bits per heavy atom. The molecule has 0 radical (unpaired) electrons. The maximum absolute atomic E-state index is 5.76. The quantitative estimate of drug-likeness (QED) is 0.676. The summed E-state index contributed by atoms with van der Waals surface area (Å²) in [6.07, 6.45) is 0.289. The second-order valence-electron chi connectivity index (χ2n) is 1.98. The van der Waals surface area contributed by atoms with E-state index in [1.807, 2.05) is 0 Å². The first-order chi connectivity index (χ1) is 4.87. The van der Waals surface area contributed by atoms with Crippen LogP contribution in [0.4, 0.5) is 0 Å². The van der Waals surface area contributed by atoms with Gasteiger partial charge < -0.3 is 0 Å². The summed E-state index contributed by atoms with van der Waals surface area (Å²) in [6, 6.07) is 0. The van der Waals surface area contributed by atoms with Crippen molar-refractivity contribution in [3.05, 3.63) is 0 Å². The first kappa shape index (κ1) is 12.7. The molecule has 0 N–H and O–H groups in total. The Labute approximate surface area is 96.0 Å². The normalized spacial score (nSPS) is 13.6. The van der Waals surface area contributed by atoms with Crippen LogP contribution in [-0.4, -0.2) is 20.4 Å². The minimum absolute atomic E-state index is 0.0417. The van der Waals surface area contributed by atoms with Crippen molar-refractivity contribution in [2.75, 3.05) is 11.8 Å². The molecule has 0 saturated carbocycles. The second kappa shape index (κ2) is 4.83. The second-order valence-corrected chi connectivity index (χ2v) is 5.59. The molecular weight excluding hydrogens is 273 g/mol. The molecule has 6 heteroatoms. The van der Waals surface area contributed by atoms with E-state index in [2.05, 4.69) is 0 Å². The van der Waals surface area contributed by atoms with Crippen LogP contribution in [0.25, 0.3) is 0 Å². The molecule has 11 heavy (non-hydrogen) atoms. The van der Waals surface area contributed by atoms with Crippen molar-refractivity contribution in [1.29, 1.82) is 0 Å². The third kappa shape index (κ3) is 3.54. The molecule has 0 unspecified atom stereocenters. The van der Waals surface area contributed by atoms with E-state index in [0.717, 1.165) is 0 Å². The number of rotatable bonds is 4. The van der Waals surface area contributed by atoms with Gasteiger partial charge in [0.2, 0.25) is 0 Å². The van der Waals surface area contributed by atoms with Crippen LogP contribution in [0.15, 0.2) is 0 Å². The van der Waals surface area contributed by atoms with Gasteiger partial charge in [0.05, 0.1) is 5.88 Å². The molecule has 0 spiro atoms. The lowest BCUT2D eigenvalue weighted by molar-refractivity contribution is 0.683. The Morgan fingerprint density at radius 2 is 1.27 bits per heavy atom. The summed E-state index contributed by atoms with van der Waals surface area (Å²) < 4.78 is -2.65. The summed E-state index contributed by atoms with van der Waals surface area (Å²) >= 11 is 33.8. The molecule has 0 fully saturated rings. The number of hydrogen-bond donors (Lipinski definition) is 0. The zero-order valence-corrected chi connectivity index (χ0v) is 9.92. The van der Waals surface area contributed by atoms with Gasteiger partial charge in [0.25, 0.3) is 0 Å². The molecule has 0 atom stereocenters. The van der Waals surface area contributed by atoms with Gasteiger partial charge in [-0.15, -0.1) is 23.2 Å². The molecule has 0 rings (SSSR count). The van der Waals surface area contributed by atoms with Crippen LogP contribution in [0.1, 0.15) is 6.42 Å². The predicted octanol–water partition coefficient (Wildman–Crippen LogP) is 4.20. The van der Waals surface area contributed by atoms with Crippen LogP contribution in [0.2, 0.25) is 0 Å². The van der Waals surface area contributed by atoms with Crippen molar-refractivity contribution in [2.24, 2.45) is 0 Å². The minimum atomic E-state index is -1.35. The van der Waals surface area contributed by atoms with E-state index in [1.165, 1.54) is 0 Å². The third-order valence-electron chi connectivity index (χ3n) is 1.11. The first-order valence-corrected chi connectivity index (χ1v) is 5.33. The Morgan fingerprint density at radius 1 is 0.818 bits per heavy atom. The number of alkyl halides is 6. The van der Waals surface area contributed by atoms with Crippen molar-refractivity contribution in [3.8, 4) is 0 Å². The van der Waals surface area contributed by atoms with Crippen LogP contribution in [0, 0.1) is 0 Å². The molecule has 0 heterocycles. The Bertz CT molecular complexity index is 120. The van der Waals surface area contributed by atoms with Crippen LogP contribution < -0.4 is 0 Å². The fourth-order valence-electron chi connectivity index (χ4n) is 0.399. The topological polar surface area (TPSA) is 0 Å². The Kier molecular flexibility index (Phi) is 5.60. The van der Waals surface area contributed by atoms with Crippen molar-refractivity contribution in [2.45, 2.75) is 15.1 Å². The molecule has 0 nitrogen and oxygen atoms in total.